The van der Waals surface area contributed by atoms with E-state index in [2.05, 4.69) is 20.6 Å². The van der Waals surface area contributed by atoms with Gasteiger partial charge in [-0.05, 0) is 49.6 Å². The van der Waals surface area contributed by atoms with Crippen LogP contribution >= 0.6 is 11.6 Å². The van der Waals surface area contributed by atoms with Gasteiger partial charge in [-0.1, -0.05) is 35.9 Å². The highest BCUT2D eigenvalue weighted by molar-refractivity contribution is 6.31. The van der Waals surface area contributed by atoms with E-state index in [1.807, 2.05) is 55.5 Å². The van der Waals surface area contributed by atoms with Gasteiger partial charge >= 0.3 is 0 Å². The third kappa shape index (κ3) is 3.78. The fourth-order valence-corrected chi connectivity index (χ4v) is 3.31. The number of benzene rings is 2. The van der Waals surface area contributed by atoms with Gasteiger partial charge in [0.05, 0.1) is 11.3 Å². The molecule has 0 amide bonds. The summed E-state index contributed by atoms with van der Waals surface area (Å²) in [7, 11) is 0. The maximum Gasteiger partial charge on any atom is 0.229 e. The molecular formula is C21H19ClN4O. The first-order chi connectivity index (χ1) is 13.1. The molecule has 1 aromatic heterocycles. The van der Waals surface area contributed by atoms with Crippen LogP contribution in [0, 0.1) is 6.92 Å². The lowest BCUT2D eigenvalue weighted by atomic mass is 9.95. The molecule has 3 aromatic rings. The van der Waals surface area contributed by atoms with Crippen LogP contribution < -0.4 is 10.6 Å². The Hall–Kier alpha value is -2.92. The summed E-state index contributed by atoms with van der Waals surface area (Å²) in [5.74, 6) is 1.06. The van der Waals surface area contributed by atoms with Gasteiger partial charge in [-0.3, -0.25) is 4.79 Å². The molecule has 0 saturated carbocycles. The van der Waals surface area contributed by atoms with E-state index in [4.69, 9.17) is 11.6 Å². The first kappa shape index (κ1) is 17.5. The highest BCUT2D eigenvalue weighted by atomic mass is 35.5. The maximum atomic E-state index is 12.5. The average Bonchev–Trinajstić information content (AvgIpc) is 2.65. The number of hydrogen-bond donors (Lipinski definition) is 2. The van der Waals surface area contributed by atoms with Gasteiger partial charge in [0.15, 0.2) is 5.78 Å². The van der Waals surface area contributed by atoms with Crippen molar-refractivity contribution < 1.29 is 4.79 Å². The summed E-state index contributed by atoms with van der Waals surface area (Å²) in [5, 5.41) is 7.14. The van der Waals surface area contributed by atoms with Gasteiger partial charge in [0.2, 0.25) is 5.95 Å². The van der Waals surface area contributed by atoms with Crippen LogP contribution in [-0.4, -0.2) is 15.8 Å². The number of halogens is 1. The summed E-state index contributed by atoms with van der Waals surface area (Å²) in [6.07, 6.45) is 2.09. The SMILES string of the molecule is Cc1ccc(Nc2nc(Nc3ccccc3)nc3c2C(=O)CCC3)cc1Cl. The summed E-state index contributed by atoms with van der Waals surface area (Å²) in [6.45, 7) is 1.95. The van der Waals surface area contributed by atoms with E-state index in [-0.39, 0.29) is 5.78 Å². The quantitative estimate of drug-likeness (QED) is 0.632. The Morgan fingerprint density at radius 3 is 2.56 bits per heavy atom. The molecular weight excluding hydrogens is 360 g/mol. The number of carbonyl (C=O) groups is 1. The van der Waals surface area contributed by atoms with Crippen LogP contribution in [0.1, 0.15) is 34.5 Å². The Morgan fingerprint density at radius 1 is 0.963 bits per heavy atom. The van der Waals surface area contributed by atoms with Crippen LogP contribution in [0.3, 0.4) is 0 Å². The summed E-state index contributed by atoms with van der Waals surface area (Å²) >= 11 is 6.24. The predicted octanol–water partition coefficient (Wildman–Crippen LogP) is 5.44. The van der Waals surface area contributed by atoms with Crippen molar-refractivity contribution in [2.75, 3.05) is 10.6 Å². The molecule has 1 aliphatic rings. The number of aryl methyl sites for hydroxylation is 2. The van der Waals surface area contributed by atoms with Gasteiger partial charge in [0, 0.05) is 22.8 Å². The molecule has 0 bridgehead atoms. The number of rotatable bonds is 4. The second-order valence-corrected chi connectivity index (χ2v) is 6.98. The number of fused-ring (bicyclic) bond motifs is 1. The lowest BCUT2D eigenvalue weighted by Gasteiger charge is -2.19. The Labute approximate surface area is 162 Å². The number of hydrogen-bond acceptors (Lipinski definition) is 5. The third-order valence-electron chi connectivity index (χ3n) is 4.54. The van der Waals surface area contributed by atoms with Gasteiger partial charge in [0.1, 0.15) is 5.82 Å². The van der Waals surface area contributed by atoms with Crippen molar-refractivity contribution in [3.8, 4) is 0 Å². The molecule has 0 unspecified atom stereocenters. The van der Waals surface area contributed by atoms with Crippen LogP contribution in [0.15, 0.2) is 48.5 Å². The molecule has 0 fully saturated rings. The smallest absolute Gasteiger partial charge is 0.229 e. The first-order valence-electron chi connectivity index (χ1n) is 8.89. The molecule has 27 heavy (non-hydrogen) atoms. The standard InChI is InChI=1S/C21H19ClN4O/c1-13-10-11-15(12-16(13)22)23-20-19-17(8-5-9-18(19)27)25-21(26-20)24-14-6-3-2-4-7-14/h2-4,6-7,10-12H,5,8-9H2,1H3,(H2,23,24,25,26). The Morgan fingerprint density at radius 2 is 1.78 bits per heavy atom. The van der Waals surface area contributed by atoms with Gasteiger partial charge < -0.3 is 10.6 Å². The number of nitrogens with zero attached hydrogens (tertiary/aromatic N) is 2. The predicted molar refractivity (Wildman–Crippen MR) is 108 cm³/mol. The number of nitrogens with one attached hydrogen (secondary N) is 2. The highest BCUT2D eigenvalue weighted by Gasteiger charge is 2.24. The Bertz CT molecular complexity index is 1000. The van der Waals surface area contributed by atoms with Gasteiger partial charge in [-0.2, -0.15) is 4.98 Å². The minimum Gasteiger partial charge on any atom is -0.339 e. The largest absolute Gasteiger partial charge is 0.339 e. The maximum absolute atomic E-state index is 12.5. The van der Waals surface area contributed by atoms with E-state index in [1.54, 1.807) is 0 Å². The topological polar surface area (TPSA) is 66.9 Å². The van der Waals surface area contributed by atoms with Crippen molar-refractivity contribution in [3.05, 3.63) is 70.4 Å². The van der Waals surface area contributed by atoms with Gasteiger partial charge in [-0.15, -0.1) is 0 Å². The second kappa shape index (κ2) is 7.37. The van der Waals surface area contributed by atoms with Crippen molar-refractivity contribution in [1.29, 1.82) is 0 Å². The number of para-hydroxylation sites is 1. The van der Waals surface area contributed by atoms with Crippen LogP contribution in [0.2, 0.25) is 5.02 Å². The minimum atomic E-state index is 0.0724. The second-order valence-electron chi connectivity index (χ2n) is 6.57. The number of carbonyl (C=O) groups excluding carboxylic acids is 1. The molecule has 6 heteroatoms. The molecule has 1 aliphatic carbocycles. The van der Waals surface area contributed by atoms with Crippen LogP contribution in [0.5, 0.6) is 0 Å². The van der Waals surface area contributed by atoms with E-state index >= 15 is 0 Å². The van der Waals surface area contributed by atoms with Crippen molar-refractivity contribution in [3.63, 3.8) is 0 Å². The van der Waals surface area contributed by atoms with Crippen molar-refractivity contribution in [1.82, 2.24) is 9.97 Å². The van der Waals surface area contributed by atoms with E-state index in [0.29, 0.717) is 28.8 Å². The first-order valence-corrected chi connectivity index (χ1v) is 9.27. The molecule has 5 nitrogen and oxygen atoms in total. The Balaban J connectivity index is 1.74. The van der Waals surface area contributed by atoms with Gasteiger partial charge in [0.25, 0.3) is 0 Å². The number of ketones is 1. The summed E-state index contributed by atoms with van der Waals surface area (Å²) < 4.78 is 0. The molecule has 1 heterocycles. The molecule has 0 saturated heterocycles. The number of Topliss-reactive ketones (excluding diaryl/α,β-unsaturated/α-hetero) is 1. The molecule has 136 valence electrons. The van der Waals surface area contributed by atoms with E-state index < -0.39 is 0 Å². The zero-order chi connectivity index (χ0) is 18.8. The molecule has 4 rings (SSSR count). The number of anilines is 4. The average molecular weight is 379 g/mol. The van der Waals surface area contributed by atoms with Crippen LogP contribution in [0.4, 0.5) is 23.1 Å². The summed E-state index contributed by atoms with van der Waals surface area (Å²) in [4.78, 5) is 21.7. The highest BCUT2D eigenvalue weighted by Crippen LogP contribution is 2.30. The van der Waals surface area contributed by atoms with Crippen molar-refractivity contribution in [2.45, 2.75) is 26.2 Å². The van der Waals surface area contributed by atoms with Crippen LogP contribution in [0.25, 0.3) is 0 Å². The van der Waals surface area contributed by atoms with E-state index in [1.165, 1.54) is 0 Å². The van der Waals surface area contributed by atoms with Crippen molar-refractivity contribution in [2.24, 2.45) is 0 Å². The Kier molecular flexibility index (Phi) is 4.77. The zero-order valence-corrected chi connectivity index (χ0v) is 15.7. The third-order valence-corrected chi connectivity index (χ3v) is 4.95. The van der Waals surface area contributed by atoms with Crippen molar-refractivity contribution >= 4 is 40.5 Å². The van der Waals surface area contributed by atoms with E-state index in [0.717, 1.165) is 35.5 Å². The zero-order valence-electron chi connectivity index (χ0n) is 14.9. The summed E-state index contributed by atoms with van der Waals surface area (Å²) in [6, 6.07) is 15.4. The minimum absolute atomic E-state index is 0.0724. The van der Waals surface area contributed by atoms with E-state index in [9.17, 15) is 4.79 Å². The lowest BCUT2D eigenvalue weighted by molar-refractivity contribution is 0.0972. The molecule has 0 atom stereocenters. The molecule has 0 aliphatic heterocycles. The fraction of sp³-hybridized carbons (Fsp3) is 0.190. The molecule has 0 radical (unpaired) electrons. The molecule has 2 aromatic carbocycles. The molecule has 2 N–H and O–H groups in total. The van der Waals surface area contributed by atoms with Crippen LogP contribution in [-0.2, 0) is 6.42 Å². The summed E-state index contributed by atoms with van der Waals surface area (Å²) in [5.41, 5.74) is 4.03. The van der Waals surface area contributed by atoms with Gasteiger partial charge in [-0.25, -0.2) is 4.98 Å². The monoisotopic (exact) mass is 378 g/mol. The molecule has 0 spiro atoms. The normalized spacial score (nSPS) is 13.2. The number of aromatic nitrogens is 2. The lowest BCUT2D eigenvalue weighted by Crippen LogP contribution is -2.17. The fourth-order valence-electron chi connectivity index (χ4n) is 3.13.